The molecule has 38 heavy (non-hydrogen) atoms. The number of nitrogens with zero attached hydrogens (tertiary/aromatic N) is 2. The van der Waals surface area contributed by atoms with Crippen LogP contribution in [0.2, 0.25) is 5.02 Å². The van der Waals surface area contributed by atoms with Crippen LogP contribution in [0.1, 0.15) is 16.7 Å². The average Bonchev–Trinajstić information content (AvgIpc) is 2.93. The molecule has 4 rings (SSSR count). The number of carbonyl (C=O) groups is 1. The second-order valence-corrected chi connectivity index (χ2v) is 10.7. The van der Waals surface area contributed by atoms with Crippen molar-refractivity contribution in [2.24, 2.45) is 5.10 Å². The molecule has 0 bridgehead atoms. The van der Waals surface area contributed by atoms with Gasteiger partial charge in [0.1, 0.15) is 12.4 Å². The van der Waals surface area contributed by atoms with Gasteiger partial charge in [-0.05, 0) is 65.2 Å². The van der Waals surface area contributed by atoms with Crippen molar-refractivity contribution in [2.75, 3.05) is 6.54 Å². The minimum atomic E-state index is -3.97. The van der Waals surface area contributed by atoms with Crippen LogP contribution < -0.4 is 10.2 Å². The van der Waals surface area contributed by atoms with Crippen molar-refractivity contribution in [3.05, 3.63) is 131 Å². The lowest BCUT2D eigenvalue weighted by atomic mass is 10.2. The number of hydrazone groups is 1. The topological polar surface area (TPSA) is 88.1 Å². The largest absolute Gasteiger partial charge is 0.489 e. The van der Waals surface area contributed by atoms with Crippen molar-refractivity contribution in [3.63, 3.8) is 0 Å². The summed E-state index contributed by atoms with van der Waals surface area (Å²) in [7, 11) is -3.97. The van der Waals surface area contributed by atoms with Gasteiger partial charge in [-0.25, -0.2) is 13.8 Å². The molecule has 0 aliphatic rings. The monoisotopic (exact) mass is 547 g/mol. The SMILES string of the molecule is O=C(CN(Cc1ccccc1)S(=O)(=O)c1ccc(Cl)cc1)N/N=C\c1ccc(OCc2ccccc2)cc1. The minimum Gasteiger partial charge on any atom is -0.489 e. The molecule has 0 saturated heterocycles. The number of carbonyl (C=O) groups excluding carboxylic acids is 1. The van der Waals surface area contributed by atoms with Gasteiger partial charge in [-0.3, -0.25) is 4.79 Å². The van der Waals surface area contributed by atoms with Gasteiger partial charge < -0.3 is 4.74 Å². The summed E-state index contributed by atoms with van der Waals surface area (Å²) < 4.78 is 33.5. The van der Waals surface area contributed by atoms with Gasteiger partial charge in [0, 0.05) is 11.6 Å². The Morgan fingerprint density at radius 1 is 0.842 bits per heavy atom. The van der Waals surface area contributed by atoms with Gasteiger partial charge in [0.15, 0.2) is 0 Å². The lowest BCUT2D eigenvalue weighted by Gasteiger charge is -2.21. The van der Waals surface area contributed by atoms with Crippen LogP contribution in [0.25, 0.3) is 0 Å². The Bertz CT molecular complexity index is 1460. The average molecular weight is 548 g/mol. The van der Waals surface area contributed by atoms with E-state index in [2.05, 4.69) is 10.5 Å². The van der Waals surface area contributed by atoms with Crippen LogP contribution in [0.4, 0.5) is 0 Å². The fourth-order valence-electron chi connectivity index (χ4n) is 3.53. The molecule has 0 radical (unpaired) electrons. The number of hydrogen-bond acceptors (Lipinski definition) is 5. The van der Waals surface area contributed by atoms with Gasteiger partial charge in [-0.15, -0.1) is 0 Å². The highest BCUT2D eigenvalue weighted by atomic mass is 35.5. The molecule has 9 heteroatoms. The number of ether oxygens (including phenoxy) is 1. The predicted octanol–water partition coefficient (Wildman–Crippen LogP) is 5.26. The van der Waals surface area contributed by atoms with E-state index >= 15 is 0 Å². The first-order chi connectivity index (χ1) is 18.4. The van der Waals surface area contributed by atoms with Crippen molar-refractivity contribution >= 4 is 33.7 Å². The van der Waals surface area contributed by atoms with E-state index in [0.717, 1.165) is 21.0 Å². The summed E-state index contributed by atoms with van der Waals surface area (Å²) in [5, 5.41) is 4.40. The third-order valence-electron chi connectivity index (χ3n) is 5.50. The van der Waals surface area contributed by atoms with E-state index in [1.807, 2.05) is 72.8 Å². The molecule has 1 amide bonds. The quantitative estimate of drug-likeness (QED) is 0.205. The number of sulfonamides is 1. The standard InChI is InChI=1S/C29H26ClN3O4S/c30-26-13-17-28(18-14-26)38(35,36)33(20-24-7-3-1-4-8-24)21-29(34)32-31-19-23-11-15-27(16-12-23)37-22-25-9-5-2-6-10-25/h1-19H,20-22H2,(H,32,34)/b31-19-. The molecule has 7 nitrogen and oxygen atoms in total. The summed E-state index contributed by atoms with van der Waals surface area (Å²) in [4.78, 5) is 12.7. The van der Waals surface area contributed by atoms with E-state index < -0.39 is 22.5 Å². The first-order valence-corrected chi connectivity index (χ1v) is 13.6. The number of rotatable bonds is 11. The number of hydrogen-bond donors (Lipinski definition) is 1. The van der Waals surface area contributed by atoms with Gasteiger partial charge in [0.25, 0.3) is 5.91 Å². The Balaban J connectivity index is 1.38. The van der Waals surface area contributed by atoms with Crippen LogP contribution in [0.5, 0.6) is 5.75 Å². The molecule has 0 aromatic heterocycles. The van der Waals surface area contributed by atoms with E-state index in [4.69, 9.17) is 16.3 Å². The molecular formula is C29H26ClN3O4S. The molecule has 0 unspecified atom stereocenters. The van der Waals surface area contributed by atoms with E-state index in [1.165, 1.54) is 30.5 Å². The summed E-state index contributed by atoms with van der Waals surface area (Å²) >= 11 is 5.92. The van der Waals surface area contributed by atoms with Crippen LogP contribution in [0, 0.1) is 0 Å². The lowest BCUT2D eigenvalue weighted by molar-refractivity contribution is -0.121. The highest BCUT2D eigenvalue weighted by Gasteiger charge is 2.27. The van der Waals surface area contributed by atoms with Crippen molar-refractivity contribution in [1.29, 1.82) is 0 Å². The zero-order chi connectivity index (χ0) is 26.8. The predicted molar refractivity (Wildman–Crippen MR) is 148 cm³/mol. The normalized spacial score (nSPS) is 11.5. The van der Waals surface area contributed by atoms with Crippen LogP contribution in [0.15, 0.2) is 119 Å². The van der Waals surface area contributed by atoms with Gasteiger partial charge in [0.05, 0.1) is 17.7 Å². The first kappa shape index (κ1) is 27.1. The van der Waals surface area contributed by atoms with Gasteiger partial charge >= 0.3 is 0 Å². The molecule has 4 aromatic carbocycles. The van der Waals surface area contributed by atoms with Gasteiger partial charge in [-0.2, -0.15) is 9.41 Å². The lowest BCUT2D eigenvalue weighted by Crippen LogP contribution is -2.39. The van der Waals surface area contributed by atoms with Crippen molar-refractivity contribution in [1.82, 2.24) is 9.73 Å². The molecule has 0 atom stereocenters. The maximum atomic E-state index is 13.3. The van der Waals surface area contributed by atoms with Gasteiger partial charge in [-0.1, -0.05) is 72.3 Å². The Morgan fingerprint density at radius 3 is 2.08 bits per heavy atom. The number of amides is 1. The third kappa shape index (κ3) is 7.76. The Labute approximate surface area is 227 Å². The van der Waals surface area contributed by atoms with Crippen LogP contribution in [0.3, 0.4) is 0 Å². The fraction of sp³-hybridized carbons (Fsp3) is 0.103. The molecule has 0 spiro atoms. The summed E-state index contributed by atoms with van der Waals surface area (Å²) in [5.74, 6) is 0.136. The zero-order valence-electron chi connectivity index (χ0n) is 20.4. The Kier molecular flexibility index (Phi) is 9.26. The Hall–Kier alpha value is -3.98. The van der Waals surface area contributed by atoms with Crippen molar-refractivity contribution in [2.45, 2.75) is 18.0 Å². The van der Waals surface area contributed by atoms with Crippen molar-refractivity contribution < 1.29 is 17.9 Å². The molecule has 0 fully saturated rings. The van der Waals surface area contributed by atoms with Crippen LogP contribution in [-0.4, -0.2) is 31.4 Å². The van der Waals surface area contributed by atoms with Gasteiger partial charge in [0.2, 0.25) is 10.0 Å². The molecule has 0 saturated carbocycles. The van der Waals surface area contributed by atoms with E-state index in [1.54, 1.807) is 12.1 Å². The highest BCUT2D eigenvalue weighted by molar-refractivity contribution is 7.89. The van der Waals surface area contributed by atoms with Crippen LogP contribution in [-0.2, 0) is 28.0 Å². The number of nitrogens with one attached hydrogen (secondary N) is 1. The van der Waals surface area contributed by atoms with E-state index in [-0.39, 0.29) is 11.4 Å². The summed E-state index contributed by atoms with van der Waals surface area (Å²) in [6.45, 7) is 0.0690. The molecule has 0 heterocycles. The summed E-state index contributed by atoms with van der Waals surface area (Å²) in [6, 6.07) is 32.0. The zero-order valence-corrected chi connectivity index (χ0v) is 22.0. The second-order valence-electron chi connectivity index (χ2n) is 8.35. The second kappa shape index (κ2) is 13.0. The molecule has 194 valence electrons. The maximum Gasteiger partial charge on any atom is 0.255 e. The summed E-state index contributed by atoms with van der Waals surface area (Å²) in [6.07, 6.45) is 1.48. The number of benzene rings is 4. The molecule has 0 aliphatic carbocycles. The molecular weight excluding hydrogens is 522 g/mol. The van der Waals surface area contributed by atoms with E-state index in [9.17, 15) is 13.2 Å². The highest BCUT2D eigenvalue weighted by Crippen LogP contribution is 2.20. The Morgan fingerprint density at radius 2 is 1.45 bits per heavy atom. The van der Waals surface area contributed by atoms with Crippen molar-refractivity contribution in [3.8, 4) is 5.75 Å². The van der Waals surface area contributed by atoms with E-state index in [0.29, 0.717) is 17.4 Å². The molecule has 1 N–H and O–H groups in total. The smallest absolute Gasteiger partial charge is 0.255 e. The van der Waals surface area contributed by atoms with Crippen LogP contribution >= 0.6 is 11.6 Å². The summed E-state index contributed by atoms with van der Waals surface area (Å²) in [5.41, 5.74) is 4.97. The fourth-order valence-corrected chi connectivity index (χ4v) is 5.04. The minimum absolute atomic E-state index is 0.0212. The first-order valence-electron chi connectivity index (χ1n) is 11.8. The third-order valence-corrected chi connectivity index (χ3v) is 7.56. The molecule has 4 aromatic rings. The maximum absolute atomic E-state index is 13.3. The number of halogens is 1. The molecule has 0 aliphatic heterocycles.